The van der Waals surface area contributed by atoms with E-state index in [0.717, 1.165) is 51.9 Å². The van der Waals surface area contributed by atoms with Crippen LogP contribution in [0.3, 0.4) is 0 Å². The number of carbonyl (C=O) groups excluding carboxylic acids is 1. The minimum absolute atomic E-state index is 0.0380. The third-order valence-electron chi connectivity index (χ3n) is 6.76. The first kappa shape index (κ1) is 32.4. The molecule has 4 heteroatoms. The van der Waals surface area contributed by atoms with Gasteiger partial charge in [-0.1, -0.05) is 91.9 Å². The predicted molar refractivity (Wildman–Crippen MR) is 145 cm³/mol. The molecule has 0 heterocycles. The van der Waals surface area contributed by atoms with Crippen LogP contribution in [0.4, 0.5) is 0 Å². The first-order valence-corrected chi connectivity index (χ1v) is 14.8. The zero-order chi connectivity index (χ0) is 24.4. The number of rotatable bonds is 26. The van der Waals surface area contributed by atoms with Crippen LogP contribution < -0.4 is 5.32 Å². The molecular weight excluding hydrogens is 408 g/mol. The van der Waals surface area contributed by atoms with Crippen LogP contribution in [0.1, 0.15) is 143 Å². The number of nitrogens with one attached hydrogen (secondary N) is 1. The standard InChI is InChI=1S/C29H60N2O2/c1-5-9-11-13-14-18-23-28(22-17-12-10-6-2)33-29(32)24-19-15-16-20-25-30-26-21-27-31(7-3)8-4/h28,30H,5-27H2,1-4H3. The van der Waals surface area contributed by atoms with Gasteiger partial charge in [0.2, 0.25) is 0 Å². The van der Waals surface area contributed by atoms with Gasteiger partial charge in [0.25, 0.3) is 0 Å². The zero-order valence-electron chi connectivity index (χ0n) is 23.1. The van der Waals surface area contributed by atoms with E-state index in [4.69, 9.17) is 4.74 Å². The van der Waals surface area contributed by atoms with Crippen LogP contribution in [0.5, 0.6) is 0 Å². The quantitative estimate of drug-likeness (QED) is 0.103. The topological polar surface area (TPSA) is 41.6 Å². The third-order valence-corrected chi connectivity index (χ3v) is 6.76. The van der Waals surface area contributed by atoms with Crippen molar-refractivity contribution in [2.45, 2.75) is 149 Å². The van der Waals surface area contributed by atoms with Gasteiger partial charge in [-0.3, -0.25) is 4.79 Å². The lowest BCUT2D eigenvalue weighted by molar-refractivity contribution is -0.150. The lowest BCUT2D eigenvalue weighted by atomic mass is 10.0. The highest BCUT2D eigenvalue weighted by Crippen LogP contribution is 2.17. The molecule has 1 atom stereocenters. The Hall–Kier alpha value is -0.610. The van der Waals surface area contributed by atoms with Crippen LogP contribution in [0.2, 0.25) is 0 Å². The highest BCUT2D eigenvalue weighted by atomic mass is 16.5. The Balaban J connectivity index is 3.82. The molecular formula is C29H60N2O2. The summed E-state index contributed by atoms with van der Waals surface area (Å²) in [6.07, 6.45) is 21.4. The molecule has 0 aliphatic carbocycles. The lowest BCUT2D eigenvalue weighted by Crippen LogP contribution is -2.27. The Bertz CT molecular complexity index is 399. The molecule has 198 valence electrons. The molecule has 0 radical (unpaired) electrons. The lowest BCUT2D eigenvalue weighted by Gasteiger charge is -2.18. The fraction of sp³-hybridized carbons (Fsp3) is 0.966. The Morgan fingerprint density at radius 3 is 1.82 bits per heavy atom. The van der Waals surface area contributed by atoms with E-state index in [-0.39, 0.29) is 12.1 Å². The van der Waals surface area contributed by atoms with Gasteiger partial charge in [0.1, 0.15) is 6.10 Å². The molecule has 0 rings (SSSR count). The summed E-state index contributed by atoms with van der Waals surface area (Å²) in [5, 5.41) is 3.56. The molecule has 0 aliphatic rings. The smallest absolute Gasteiger partial charge is 0.306 e. The number of carbonyl (C=O) groups is 1. The van der Waals surface area contributed by atoms with Crippen molar-refractivity contribution >= 4 is 5.97 Å². The number of hydrogen-bond donors (Lipinski definition) is 1. The Morgan fingerprint density at radius 1 is 0.667 bits per heavy atom. The van der Waals surface area contributed by atoms with Crippen LogP contribution in [0.15, 0.2) is 0 Å². The monoisotopic (exact) mass is 468 g/mol. The van der Waals surface area contributed by atoms with E-state index in [2.05, 4.69) is 37.9 Å². The summed E-state index contributed by atoms with van der Waals surface area (Å²) in [5.74, 6) is 0.0380. The highest BCUT2D eigenvalue weighted by molar-refractivity contribution is 5.69. The molecule has 0 amide bonds. The van der Waals surface area contributed by atoms with Crippen molar-refractivity contribution in [1.82, 2.24) is 10.2 Å². The highest BCUT2D eigenvalue weighted by Gasteiger charge is 2.14. The van der Waals surface area contributed by atoms with Crippen molar-refractivity contribution < 1.29 is 9.53 Å². The van der Waals surface area contributed by atoms with Gasteiger partial charge in [0.15, 0.2) is 0 Å². The maximum absolute atomic E-state index is 12.4. The average Bonchev–Trinajstić information content (AvgIpc) is 2.82. The molecule has 33 heavy (non-hydrogen) atoms. The SMILES string of the molecule is CCCCCCCCC(CCCCCC)OC(=O)CCCCCCNCCCN(CC)CC. The minimum Gasteiger partial charge on any atom is -0.462 e. The Kier molecular flexibility index (Phi) is 25.5. The summed E-state index contributed by atoms with van der Waals surface area (Å²) >= 11 is 0. The summed E-state index contributed by atoms with van der Waals surface area (Å²) in [5.41, 5.74) is 0. The molecule has 0 saturated heterocycles. The second-order valence-electron chi connectivity index (χ2n) is 9.81. The number of unbranched alkanes of at least 4 members (excludes halogenated alkanes) is 11. The fourth-order valence-corrected chi connectivity index (χ4v) is 4.42. The first-order chi connectivity index (χ1) is 16.2. The van der Waals surface area contributed by atoms with E-state index < -0.39 is 0 Å². The van der Waals surface area contributed by atoms with Gasteiger partial charge in [-0.15, -0.1) is 0 Å². The third kappa shape index (κ3) is 22.9. The first-order valence-electron chi connectivity index (χ1n) is 14.8. The molecule has 0 aliphatic heterocycles. The molecule has 0 aromatic carbocycles. The van der Waals surface area contributed by atoms with Crippen molar-refractivity contribution in [3.05, 3.63) is 0 Å². The van der Waals surface area contributed by atoms with E-state index in [9.17, 15) is 4.79 Å². The van der Waals surface area contributed by atoms with Crippen LogP contribution in [0.25, 0.3) is 0 Å². The molecule has 0 spiro atoms. The van der Waals surface area contributed by atoms with Crippen LogP contribution in [0, 0.1) is 0 Å². The van der Waals surface area contributed by atoms with E-state index in [1.165, 1.54) is 90.0 Å². The van der Waals surface area contributed by atoms with Gasteiger partial charge in [-0.2, -0.15) is 0 Å². The van der Waals surface area contributed by atoms with Gasteiger partial charge in [0.05, 0.1) is 0 Å². The number of nitrogens with zero attached hydrogens (tertiary/aromatic N) is 1. The predicted octanol–water partition coefficient (Wildman–Crippen LogP) is 7.89. The molecule has 0 bridgehead atoms. The summed E-state index contributed by atoms with van der Waals surface area (Å²) in [6.45, 7) is 14.7. The van der Waals surface area contributed by atoms with Gasteiger partial charge in [-0.05, 0) is 77.7 Å². The molecule has 0 aromatic rings. The second kappa shape index (κ2) is 26.0. The van der Waals surface area contributed by atoms with Gasteiger partial charge in [-0.25, -0.2) is 0 Å². The molecule has 0 saturated carbocycles. The van der Waals surface area contributed by atoms with E-state index in [1.54, 1.807) is 0 Å². The fourth-order valence-electron chi connectivity index (χ4n) is 4.42. The van der Waals surface area contributed by atoms with Gasteiger partial charge < -0.3 is 15.0 Å². The molecule has 4 nitrogen and oxygen atoms in total. The summed E-state index contributed by atoms with van der Waals surface area (Å²) in [4.78, 5) is 14.9. The van der Waals surface area contributed by atoms with Gasteiger partial charge in [0, 0.05) is 6.42 Å². The number of ether oxygens (including phenoxy) is 1. The van der Waals surface area contributed by atoms with Crippen LogP contribution >= 0.6 is 0 Å². The zero-order valence-corrected chi connectivity index (χ0v) is 23.1. The van der Waals surface area contributed by atoms with E-state index in [0.29, 0.717) is 6.42 Å². The Morgan fingerprint density at radius 2 is 1.18 bits per heavy atom. The van der Waals surface area contributed by atoms with Crippen LogP contribution in [-0.4, -0.2) is 49.7 Å². The number of esters is 1. The molecule has 0 aromatic heterocycles. The van der Waals surface area contributed by atoms with Crippen molar-refractivity contribution in [3.63, 3.8) is 0 Å². The number of hydrogen-bond acceptors (Lipinski definition) is 4. The van der Waals surface area contributed by atoms with E-state index >= 15 is 0 Å². The molecule has 0 fully saturated rings. The van der Waals surface area contributed by atoms with Crippen molar-refractivity contribution in [2.75, 3.05) is 32.7 Å². The average molecular weight is 469 g/mol. The van der Waals surface area contributed by atoms with Crippen LogP contribution in [-0.2, 0) is 9.53 Å². The van der Waals surface area contributed by atoms with Crippen molar-refractivity contribution in [1.29, 1.82) is 0 Å². The minimum atomic E-state index is 0.0380. The normalized spacial score (nSPS) is 12.4. The molecule has 1 unspecified atom stereocenters. The van der Waals surface area contributed by atoms with Gasteiger partial charge >= 0.3 is 5.97 Å². The van der Waals surface area contributed by atoms with Crippen molar-refractivity contribution in [2.24, 2.45) is 0 Å². The maximum Gasteiger partial charge on any atom is 0.306 e. The largest absolute Gasteiger partial charge is 0.462 e. The molecule has 1 N–H and O–H groups in total. The maximum atomic E-state index is 12.4. The summed E-state index contributed by atoms with van der Waals surface area (Å²) < 4.78 is 5.91. The summed E-state index contributed by atoms with van der Waals surface area (Å²) in [7, 11) is 0. The summed E-state index contributed by atoms with van der Waals surface area (Å²) in [6, 6.07) is 0. The van der Waals surface area contributed by atoms with E-state index in [1.807, 2.05) is 0 Å². The Labute approximate surface area is 208 Å². The van der Waals surface area contributed by atoms with Crippen molar-refractivity contribution in [3.8, 4) is 0 Å². The second-order valence-corrected chi connectivity index (χ2v) is 9.81.